The summed E-state index contributed by atoms with van der Waals surface area (Å²) in [6, 6.07) is 10.0. The van der Waals surface area contributed by atoms with E-state index in [0.717, 1.165) is 18.4 Å². The van der Waals surface area contributed by atoms with E-state index >= 15 is 0 Å². The van der Waals surface area contributed by atoms with Gasteiger partial charge in [-0.3, -0.25) is 14.2 Å². The molecule has 25 heavy (non-hydrogen) atoms. The fraction of sp³-hybridized carbons (Fsp3) is 0.316. The molecule has 1 saturated carbocycles. The highest BCUT2D eigenvalue weighted by atomic mass is 32.1. The van der Waals surface area contributed by atoms with Gasteiger partial charge in [-0.2, -0.15) is 0 Å². The van der Waals surface area contributed by atoms with Crippen LogP contribution >= 0.6 is 11.3 Å². The summed E-state index contributed by atoms with van der Waals surface area (Å²) in [4.78, 5) is 29.9. The third kappa shape index (κ3) is 3.35. The Hall–Kier alpha value is -2.47. The van der Waals surface area contributed by atoms with Crippen molar-refractivity contribution in [2.24, 2.45) is 5.92 Å². The van der Waals surface area contributed by atoms with Crippen LogP contribution in [-0.2, 0) is 11.3 Å². The molecule has 1 aromatic carbocycles. The normalized spacial score (nSPS) is 15.2. The minimum atomic E-state index is -0.167. The standard InChI is InChI=1S/C19H19N3O2S/c1-12-2-4-13(5-3-12)17(14-6-7-14)21-16(23)10-22-11-20-18-15(19(22)24)8-9-25-18/h2-5,8-9,11,14,17H,6-7,10H2,1H3,(H,21,23)/t17-/m0/s1. The number of carbonyl (C=O) groups is 1. The van der Waals surface area contributed by atoms with Crippen LogP contribution in [0.15, 0.2) is 46.8 Å². The lowest BCUT2D eigenvalue weighted by molar-refractivity contribution is -0.122. The molecule has 3 aromatic rings. The largest absolute Gasteiger partial charge is 0.347 e. The van der Waals surface area contributed by atoms with Crippen molar-refractivity contribution in [3.8, 4) is 0 Å². The second-order valence-corrected chi connectivity index (χ2v) is 7.50. The molecule has 4 rings (SSSR count). The molecule has 2 aromatic heterocycles. The molecule has 1 aliphatic rings. The van der Waals surface area contributed by atoms with Crippen LogP contribution in [0.1, 0.15) is 30.0 Å². The maximum atomic E-state index is 12.5. The summed E-state index contributed by atoms with van der Waals surface area (Å²) >= 11 is 1.43. The highest BCUT2D eigenvalue weighted by Gasteiger charge is 2.33. The predicted octanol–water partition coefficient (Wildman–Crippen LogP) is 3.03. The lowest BCUT2D eigenvalue weighted by Gasteiger charge is -2.19. The van der Waals surface area contributed by atoms with Crippen LogP contribution in [0.25, 0.3) is 10.2 Å². The van der Waals surface area contributed by atoms with Crippen molar-refractivity contribution < 1.29 is 4.79 Å². The fourth-order valence-corrected chi connectivity index (χ4v) is 3.78. The van der Waals surface area contributed by atoms with Crippen molar-refractivity contribution in [3.63, 3.8) is 0 Å². The van der Waals surface area contributed by atoms with Crippen molar-refractivity contribution >= 4 is 27.5 Å². The molecule has 1 aliphatic carbocycles. The Bertz CT molecular complexity index is 970. The molecule has 0 bridgehead atoms. The van der Waals surface area contributed by atoms with Crippen LogP contribution in [0.3, 0.4) is 0 Å². The molecule has 0 radical (unpaired) electrons. The molecule has 0 unspecified atom stereocenters. The average Bonchev–Trinajstić information content (AvgIpc) is 3.33. The van der Waals surface area contributed by atoms with E-state index in [-0.39, 0.29) is 24.1 Å². The average molecular weight is 353 g/mol. The Morgan fingerprint density at radius 2 is 2.08 bits per heavy atom. The zero-order valence-corrected chi connectivity index (χ0v) is 14.8. The first kappa shape index (κ1) is 16.0. The van der Waals surface area contributed by atoms with E-state index < -0.39 is 0 Å². The van der Waals surface area contributed by atoms with Gasteiger partial charge in [0, 0.05) is 0 Å². The lowest BCUT2D eigenvalue weighted by Crippen LogP contribution is -2.35. The highest BCUT2D eigenvalue weighted by molar-refractivity contribution is 7.16. The molecule has 5 nitrogen and oxygen atoms in total. The van der Waals surface area contributed by atoms with Gasteiger partial charge >= 0.3 is 0 Å². The molecule has 0 spiro atoms. The van der Waals surface area contributed by atoms with Gasteiger partial charge in [0.05, 0.1) is 17.8 Å². The minimum Gasteiger partial charge on any atom is -0.347 e. The third-order valence-electron chi connectivity index (χ3n) is 4.61. The topological polar surface area (TPSA) is 64.0 Å². The number of amides is 1. The molecule has 2 heterocycles. The van der Waals surface area contributed by atoms with Gasteiger partial charge in [0.1, 0.15) is 11.4 Å². The minimum absolute atomic E-state index is 0.00724. The van der Waals surface area contributed by atoms with Crippen molar-refractivity contribution in [3.05, 3.63) is 63.5 Å². The lowest BCUT2D eigenvalue weighted by atomic mass is 10.0. The number of carbonyl (C=O) groups excluding carboxylic acids is 1. The molecule has 1 atom stereocenters. The quantitative estimate of drug-likeness (QED) is 0.767. The van der Waals surface area contributed by atoms with Gasteiger partial charge in [0.25, 0.3) is 5.56 Å². The van der Waals surface area contributed by atoms with Crippen LogP contribution in [-0.4, -0.2) is 15.5 Å². The van der Waals surface area contributed by atoms with Gasteiger partial charge in [0.2, 0.25) is 5.91 Å². The van der Waals surface area contributed by atoms with Crippen molar-refractivity contribution in [2.45, 2.75) is 32.4 Å². The molecule has 1 amide bonds. The highest BCUT2D eigenvalue weighted by Crippen LogP contribution is 2.41. The van der Waals surface area contributed by atoms with Gasteiger partial charge in [0.15, 0.2) is 0 Å². The third-order valence-corrected chi connectivity index (χ3v) is 5.43. The summed E-state index contributed by atoms with van der Waals surface area (Å²) in [6.07, 6.45) is 3.71. The van der Waals surface area contributed by atoms with E-state index in [4.69, 9.17) is 0 Å². The number of aryl methyl sites for hydroxylation is 1. The maximum Gasteiger partial charge on any atom is 0.262 e. The molecular weight excluding hydrogens is 334 g/mol. The number of hydrogen-bond donors (Lipinski definition) is 1. The molecule has 6 heteroatoms. The number of rotatable bonds is 5. The number of nitrogens with one attached hydrogen (secondary N) is 1. The van der Waals surface area contributed by atoms with Crippen molar-refractivity contribution in [1.29, 1.82) is 0 Å². The first-order valence-electron chi connectivity index (χ1n) is 8.40. The summed E-state index contributed by atoms with van der Waals surface area (Å²) in [5.74, 6) is 0.330. The van der Waals surface area contributed by atoms with Crippen LogP contribution in [0.2, 0.25) is 0 Å². The van der Waals surface area contributed by atoms with Gasteiger partial charge in [-0.15, -0.1) is 11.3 Å². The van der Waals surface area contributed by atoms with Crippen LogP contribution in [0, 0.1) is 12.8 Å². The van der Waals surface area contributed by atoms with Crippen LogP contribution in [0.5, 0.6) is 0 Å². The summed E-state index contributed by atoms with van der Waals surface area (Å²) < 4.78 is 1.38. The maximum absolute atomic E-state index is 12.5. The number of hydrogen-bond acceptors (Lipinski definition) is 4. The van der Waals surface area contributed by atoms with E-state index in [9.17, 15) is 9.59 Å². The second kappa shape index (κ2) is 6.44. The Morgan fingerprint density at radius 1 is 1.32 bits per heavy atom. The van der Waals surface area contributed by atoms with E-state index in [0.29, 0.717) is 16.1 Å². The Balaban J connectivity index is 1.52. The van der Waals surface area contributed by atoms with E-state index in [2.05, 4.69) is 41.5 Å². The van der Waals surface area contributed by atoms with Gasteiger partial charge in [-0.05, 0) is 42.7 Å². The fourth-order valence-electron chi connectivity index (χ4n) is 3.06. The van der Waals surface area contributed by atoms with E-state index in [1.165, 1.54) is 27.8 Å². The van der Waals surface area contributed by atoms with Crippen LogP contribution < -0.4 is 10.9 Å². The summed E-state index contributed by atoms with van der Waals surface area (Å²) in [5.41, 5.74) is 2.16. The Kier molecular flexibility index (Phi) is 4.13. The van der Waals surface area contributed by atoms with Gasteiger partial charge < -0.3 is 5.32 Å². The molecule has 128 valence electrons. The van der Waals surface area contributed by atoms with Gasteiger partial charge in [-0.25, -0.2) is 4.98 Å². The van der Waals surface area contributed by atoms with Crippen molar-refractivity contribution in [2.75, 3.05) is 0 Å². The first-order valence-corrected chi connectivity index (χ1v) is 9.28. The zero-order chi connectivity index (χ0) is 17.4. The smallest absolute Gasteiger partial charge is 0.262 e. The first-order chi connectivity index (χ1) is 12.1. The van der Waals surface area contributed by atoms with E-state index in [1.54, 1.807) is 6.07 Å². The van der Waals surface area contributed by atoms with Gasteiger partial charge in [-0.1, -0.05) is 29.8 Å². The number of nitrogens with zero attached hydrogens (tertiary/aromatic N) is 2. The summed E-state index contributed by atoms with van der Waals surface area (Å²) in [6.45, 7) is 2.04. The van der Waals surface area contributed by atoms with Crippen LogP contribution in [0.4, 0.5) is 0 Å². The predicted molar refractivity (Wildman–Crippen MR) is 98.7 cm³/mol. The van der Waals surface area contributed by atoms with E-state index in [1.807, 2.05) is 5.38 Å². The number of fused-ring (bicyclic) bond motifs is 1. The monoisotopic (exact) mass is 353 g/mol. The molecule has 1 N–H and O–H groups in total. The Labute approximate surface area is 149 Å². The molecule has 0 aliphatic heterocycles. The summed E-state index contributed by atoms with van der Waals surface area (Å²) in [5, 5.41) is 5.51. The zero-order valence-electron chi connectivity index (χ0n) is 13.9. The Morgan fingerprint density at radius 3 is 2.80 bits per heavy atom. The molecular formula is C19H19N3O2S. The number of thiophene rings is 1. The molecule has 1 fully saturated rings. The molecule has 0 saturated heterocycles. The van der Waals surface area contributed by atoms with Crippen molar-refractivity contribution in [1.82, 2.24) is 14.9 Å². The second-order valence-electron chi connectivity index (χ2n) is 6.61. The SMILES string of the molecule is Cc1ccc([C@H](NC(=O)Cn2cnc3sccc3c2=O)C2CC2)cc1. The number of benzene rings is 1. The summed E-state index contributed by atoms with van der Waals surface area (Å²) in [7, 11) is 0. The number of aromatic nitrogens is 2.